The van der Waals surface area contributed by atoms with Crippen LogP contribution in [0.25, 0.3) is 0 Å². The summed E-state index contributed by atoms with van der Waals surface area (Å²) in [5, 5.41) is 5.52. The molecule has 158 valence electrons. The lowest BCUT2D eigenvalue weighted by Crippen LogP contribution is -2.46. The highest BCUT2D eigenvalue weighted by Crippen LogP contribution is 2.22. The third-order valence-electron chi connectivity index (χ3n) is 5.13. The first-order valence-electron chi connectivity index (χ1n) is 10.3. The number of hydrogen-bond donors (Lipinski definition) is 2. The number of carbonyl (C=O) groups excluding carboxylic acids is 3. The molecule has 0 radical (unpaired) electrons. The fourth-order valence-electron chi connectivity index (χ4n) is 3.53. The Morgan fingerprint density at radius 3 is 2.70 bits per heavy atom. The van der Waals surface area contributed by atoms with E-state index in [1.165, 1.54) is 18.2 Å². The summed E-state index contributed by atoms with van der Waals surface area (Å²) in [6.07, 6.45) is 3.28. The molecule has 0 saturated carbocycles. The standard InChI is InChI=1S/C23H26FN3O3/c1-2-3-13-25-22(29)20-12-7-14-27(20)23(30)16-8-6-9-17(15-16)26-21(28)18-10-4-5-11-19(18)24/h4-6,8-11,15,20H,2-3,7,12-14H2,1H3,(H,25,29)(H,26,28)/t20-/m0/s1. The van der Waals surface area contributed by atoms with Crippen LogP contribution in [0, 0.1) is 5.82 Å². The molecule has 1 heterocycles. The SMILES string of the molecule is CCCCNC(=O)[C@@H]1CCCN1C(=O)c1cccc(NC(=O)c2ccccc2F)c1. The summed E-state index contributed by atoms with van der Waals surface area (Å²) in [4.78, 5) is 39.4. The van der Waals surface area contributed by atoms with Gasteiger partial charge in [0.05, 0.1) is 5.56 Å². The Balaban J connectivity index is 1.70. The van der Waals surface area contributed by atoms with E-state index < -0.39 is 17.8 Å². The number of rotatable bonds is 7. The molecule has 6 nitrogen and oxygen atoms in total. The summed E-state index contributed by atoms with van der Waals surface area (Å²) in [5.41, 5.74) is 0.685. The third-order valence-corrected chi connectivity index (χ3v) is 5.13. The summed E-state index contributed by atoms with van der Waals surface area (Å²) >= 11 is 0. The maximum atomic E-state index is 13.8. The Morgan fingerprint density at radius 2 is 1.93 bits per heavy atom. The monoisotopic (exact) mass is 411 g/mol. The van der Waals surface area contributed by atoms with Gasteiger partial charge < -0.3 is 15.5 Å². The van der Waals surface area contributed by atoms with Crippen LogP contribution in [0.3, 0.4) is 0 Å². The molecule has 1 saturated heterocycles. The van der Waals surface area contributed by atoms with Gasteiger partial charge in [-0.2, -0.15) is 0 Å². The van der Waals surface area contributed by atoms with E-state index in [9.17, 15) is 18.8 Å². The van der Waals surface area contributed by atoms with Crippen molar-refractivity contribution in [2.24, 2.45) is 0 Å². The van der Waals surface area contributed by atoms with E-state index in [0.29, 0.717) is 30.8 Å². The van der Waals surface area contributed by atoms with Crippen LogP contribution in [0.4, 0.5) is 10.1 Å². The summed E-state index contributed by atoms with van der Waals surface area (Å²) in [5.74, 6) is -1.59. The minimum atomic E-state index is -0.615. The van der Waals surface area contributed by atoms with E-state index in [0.717, 1.165) is 19.3 Å². The van der Waals surface area contributed by atoms with E-state index in [1.807, 2.05) is 0 Å². The van der Waals surface area contributed by atoms with Crippen molar-refractivity contribution in [2.45, 2.75) is 38.6 Å². The quantitative estimate of drug-likeness (QED) is 0.684. The van der Waals surface area contributed by atoms with Gasteiger partial charge in [-0.3, -0.25) is 14.4 Å². The molecule has 0 bridgehead atoms. The highest BCUT2D eigenvalue weighted by molar-refractivity contribution is 6.05. The lowest BCUT2D eigenvalue weighted by molar-refractivity contribution is -0.124. The second kappa shape index (κ2) is 10.0. The number of unbranched alkanes of at least 4 members (excludes halogenated alkanes) is 1. The van der Waals surface area contributed by atoms with E-state index >= 15 is 0 Å². The van der Waals surface area contributed by atoms with Gasteiger partial charge in [0, 0.05) is 24.3 Å². The smallest absolute Gasteiger partial charge is 0.258 e. The minimum Gasteiger partial charge on any atom is -0.354 e. The lowest BCUT2D eigenvalue weighted by atomic mass is 10.1. The molecule has 1 aliphatic rings. The average molecular weight is 411 g/mol. The highest BCUT2D eigenvalue weighted by Gasteiger charge is 2.34. The number of nitrogens with zero attached hydrogens (tertiary/aromatic N) is 1. The minimum absolute atomic E-state index is 0.0717. The maximum Gasteiger partial charge on any atom is 0.258 e. The Kier molecular flexibility index (Phi) is 7.17. The van der Waals surface area contributed by atoms with Crippen molar-refractivity contribution in [1.29, 1.82) is 0 Å². The molecule has 30 heavy (non-hydrogen) atoms. The van der Waals surface area contributed by atoms with Crippen molar-refractivity contribution in [3.8, 4) is 0 Å². The predicted octanol–water partition coefficient (Wildman–Crippen LogP) is 3.60. The van der Waals surface area contributed by atoms with Crippen LogP contribution in [0.15, 0.2) is 48.5 Å². The van der Waals surface area contributed by atoms with Gasteiger partial charge in [-0.1, -0.05) is 31.5 Å². The Labute approximate surface area is 175 Å². The van der Waals surface area contributed by atoms with Gasteiger partial charge in [0.1, 0.15) is 11.9 Å². The summed E-state index contributed by atoms with van der Waals surface area (Å²) < 4.78 is 13.8. The van der Waals surface area contributed by atoms with Crippen LogP contribution >= 0.6 is 0 Å². The first-order valence-corrected chi connectivity index (χ1v) is 10.3. The van der Waals surface area contributed by atoms with Crippen LogP contribution in [0.5, 0.6) is 0 Å². The van der Waals surface area contributed by atoms with Gasteiger partial charge in [0.25, 0.3) is 11.8 Å². The molecule has 2 aromatic rings. The Morgan fingerprint density at radius 1 is 1.13 bits per heavy atom. The third kappa shape index (κ3) is 5.03. The van der Waals surface area contributed by atoms with Crippen molar-refractivity contribution in [2.75, 3.05) is 18.4 Å². The largest absolute Gasteiger partial charge is 0.354 e. The highest BCUT2D eigenvalue weighted by atomic mass is 19.1. The number of carbonyl (C=O) groups is 3. The molecule has 0 aliphatic carbocycles. The number of benzene rings is 2. The fourth-order valence-corrected chi connectivity index (χ4v) is 3.53. The molecule has 1 aliphatic heterocycles. The summed E-state index contributed by atoms with van der Waals surface area (Å²) in [7, 11) is 0. The zero-order valence-electron chi connectivity index (χ0n) is 17.0. The average Bonchev–Trinajstić information content (AvgIpc) is 3.24. The number of likely N-dealkylation sites (tertiary alicyclic amines) is 1. The zero-order chi connectivity index (χ0) is 21.5. The van der Waals surface area contributed by atoms with Crippen LogP contribution < -0.4 is 10.6 Å². The number of amides is 3. The summed E-state index contributed by atoms with van der Waals surface area (Å²) in [6, 6.07) is 11.7. The molecule has 0 unspecified atom stereocenters. The first kappa shape index (κ1) is 21.5. The Bertz CT molecular complexity index is 931. The van der Waals surface area contributed by atoms with E-state index in [2.05, 4.69) is 17.6 Å². The maximum absolute atomic E-state index is 13.8. The van der Waals surface area contributed by atoms with Gasteiger partial charge in [-0.05, 0) is 49.6 Å². The number of anilines is 1. The van der Waals surface area contributed by atoms with Crippen LogP contribution in [0.1, 0.15) is 53.3 Å². The van der Waals surface area contributed by atoms with E-state index in [4.69, 9.17) is 0 Å². The van der Waals surface area contributed by atoms with E-state index in [-0.39, 0.29) is 17.4 Å². The molecule has 1 fully saturated rings. The molecule has 3 amide bonds. The molecule has 0 spiro atoms. The molecule has 3 rings (SSSR count). The van der Waals surface area contributed by atoms with Gasteiger partial charge in [-0.15, -0.1) is 0 Å². The van der Waals surface area contributed by atoms with Crippen molar-refractivity contribution in [3.05, 3.63) is 65.5 Å². The lowest BCUT2D eigenvalue weighted by Gasteiger charge is -2.24. The van der Waals surface area contributed by atoms with Crippen LogP contribution in [-0.4, -0.2) is 41.8 Å². The van der Waals surface area contributed by atoms with Gasteiger partial charge >= 0.3 is 0 Å². The molecular formula is C23H26FN3O3. The van der Waals surface area contributed by atoms with Gasteiger partial charge in [0.15, 0.2) is 0 Å². The van der Waals surface area contributed by atoms with Crippen LogP contribution in [-0.2, 0) is 4.79 Å². The molecule has 0 aromatic heterocycles. The van der Waals surface area contributed by atoms with Crippen LogP contribution in [0.2, 0.25) is 0 Å². The molecular weight excluding hydrogens is 385 g/mol. The van der Waals surface area contributed by atoms with Crippen molar-refractivity contribution in [3.63, 3.8) is 0 Å². The van der Waals surface area contributed by atoms with Gasteiger partial charge in [0.2, 0.25) is 5.91 Å². The second-order valence-corrected chi connectivity index (χ2v) is 7.32. The number of hydrogen-bond acceptors (Lipinski definition) is 3. The molecule has 2 N–H and O–H groups in total. The fraction of sp³-hybridized carbons (Fsp3) is 0.348. The Hall–Kier alpha value is -3.22. The van der Waals surface area contributed by atoms with Crippen molar-refractivity contribution >= 4 is 23.4 Å². The second-order valence-electron chi connectivity index (χ2n) is 7.32. The topological polar surface area (TPSA) is 78.5 Å². The molecule has 1 atom stereocenters. The number of halogens is 1. The number of nitrogens with one attached hydrogen (secondary N) is 2. The van der Waals surface area contributed by atoms with Gasteiger partial charge in [-0.25, -0.2) is 4.39 Å². The first-order chi connectivity index (χ1) is 14.5. The molecule has 2 aromatic carbocycles. The molecule has 7 heteroatoms. The summed E-state index contributed by atoms with van der Waals surface area (Å²) in [6.45, 7) is 3.16. The zero-order valence-corrected chi connectivity index (χ0v) is 17.0. The predicted molar refractivity (Wildman–Crippen MR) is 113 cm³/mol. The van der Waals surface area contributed by atoms with Crippen molar-refractivity contribution in [1.82, 2.24) is 10.2 Å². The normalized spacial score (nSPS) is 15.7. The van der Waals surface area contributed by atoms with E-state index in [1.54, 1.807) is 35.2 Å². The van der Waals surface area contributed by atoms with Crippen molar-refractivity contribution < 1.29 is 18.8 Å².